The van der Waals surface area contributed by atoms with Gasteiger partial charge < -0.3 is 19.5 Å². The minimum absolute atomic E-state index is 0.0845. The number of anilines is 1. The smallest absolute Gasteiger partial charge is 0.290 e. The monoisotopic (exact) mass is 464 g/mol. The first kappa shape index (κ1) is 23.1. The molecule has 0 atom stereocenters. The van der Waals surface area contributed by atoms with Crippen LogP contribution >= 0.6 is 11.3 Å². The molecule has 4 rings (SSSR count). The van der Waals surface area contributed by atoms with E-state index in [2.05, 4.69) is 5.32 Å². The first-order chi connectivity index (χ1) is 15.7. The van der Waals surface area contributed by atoms with Crippen LogP contribution in [0.25, 0.3) is 21.8 Å². The van der Waals surface area contributed by atoms with Gasteiger partial charge in [-0.25, -0.2) is 4.98 Å². The van der Waals surface area contributed by atoms with E-state index in [1.165, 1.54) is 0 Å². The fourth-order valence-electron chi connectivity index (χ4n) is 3.93. The molecule has 0 aliphatic carbocycles. The second-order valence-electron chi connectivity index (χ2n) is 9.16. The van der Waals surface area contributed by atoms with Crippen LogP contribution in [-0.2, 0) is 17.8 Å². The predicted octanol–water partition coefficient (Wildman–Crippen LogP) is 3.70. The van der Waals surface area contributed by atoms with Gasteiger partial charge in [0, 0.05) is 24.7 Å². The van der Waals surface area contributed by atoms with Crippen LogP contribution in [0.1, 0.15) is 37.0 Å². The lowest BCUT2D eigenvalue weighted by Crippen LogP contribution is -2.43. The Morgan fingerprint density at radius 1 is 1.33 bits per heavy atom. The molecule has 0 fully saturated rings. The van der Waals surface area contributed by atoms with Crippen molar-refractivity contribution >= 4 is 36.7 Å². The van der Waals surface area contributed by atoms with Crippen molar-refractivity contribution in [3.8, 4) is 27.6 Å². The molecule has 0 saturated heterocycles. The van der Waals surface area contributed by atoms with Gasteiger partial charge in [-0.15, -0.1) is 11.3 Å². The lowest BCUT2D eigenvalue weighted by Gasteiger charge is -2.32. The number of benzene rings is 1. The van der Waals surface area contributed by atoms with E-state index in [9.17, 15) is 9.59 Å². The highest BCUT2D eigenvalue weighted by Crippen LogP contribution is 2.43. The number of carbonyl (C=O) groups excluding carboxylic acids is 2. The van der Waals surface area contributed by atoms with Crippen molar-refractivity contribution in [2.24, 2.45) is 0 Å². The second kappa shape index (κ2) is 8.70. The Hall–Kier alpha value is -3.07. The highest BCUT2D eigenvalue weighted by Gasteiger charge is 2.33. The zero-order valence-electron chi connectivity index (χ0n) is 20.0. The van der Waals surface area contributed by atoms with Crippen LogP contribution in [0, 0.1) is 0 Å². The maximum Gasteiger partial charge on any atom is 0.290 e. The summed E-state index contributed by atoms with van der Waals surface area (Å²) in [5.41, 5.74) is 4.05. The van der Waals surface area contributed by atoms with Crippen molar-refractivity contribution < 1.29 is 14.3 Å². The number of hydrogen-bond acceptors (Lipinski definition) is 5. The van der Waals surface area contributed by atoms with Gasteiger partial charge in [0.05, 0.1) is 23.4 Å². The average molecular weight is 464 g/mol. The van der Waals surface area contributed by atoms with Crippen LogP contribution in [0.5, 0.6) is 5.75 Å². The number of hydrogen-bond donors (Lipinski definition) is 1. The fourth-order valence-corrected chi connectivity index (χ4v) is 4.65. The number of methoxy groups -OCH3 is 1. The van der Waals surface area contributed by atoms with Crippen molar-refractivity contribution in [2.45, 2.75) is 45.6 Å². The Balaban J connectivity index is 1.93. The van der Waals surface area contributed by atoms with Gasteiger partial charge in [0.2, 0.25) is 5.91 Å². The van der Waals surface area contributed by atoms with Gasteiger partial charge in [-0.05, 0) is 62.7 Å². The van der Waals surface area contributed by atoms with Crippen molar-refractivity contribution in [1.82, 2.24) is 14.5 Å². The molecule has 0 bridgehead atoms. The summed E-state index contributed by atoms with van der Waals surface area (Å²) in [5.74, 6) is 0.873. The SMILES string of the molecule is BCC(=O)Nc1cc2c(cc1OC)CCn1c(C(=O)N(C)C(C)(C)C)nc(-c3cccs3)c1-2. The van der Waals surface area contributed by atoms with Crippen LogP contribution in [0.2, 0.25) is 6.32 Å². The summed E-state index contributed by atoms with van der Waals surface area (Å²) in [5, 5.41) is 4.96. The molecule has 3 heterocycles. The molecule has 33 heavy (non-hydrogen) atoms. The number of aromatic nitrogens is 2. The summed E-state index contributed by atoms with van der Waals surface area (Å²) < 4.78 is 7.59. The van der Waals surface area contributed by atoms with E-state index in [1.807, 2.05) is 69.9 Å². The van der Waals surface area contributed by atoms with Gasteiger partial charge >= 0.3 is 0 Å². The molecule has 2 aromatic heterocycles. The lowest BCUT2D eigenvalue weighted by atomic mass is 9.95. The van der Waals surface area contributed by atoms with E-state index in [0.29, 0.717) is 30.1 Å². The summed E-state index contributed by atoms with van der Waals surface area (Å²) in [6, 6.07) is 7.94. The molecule has 2 amide bonds. The molecule has 0 unspecified atom stereocenters. The van der Waals surface area contributed by atoms with Crippen LogP contribution in [0.15, 0.2) is 29.6 Å². The van der Waals surface area contributed by atoms with Crippen molar-refractivity contribution in [3.05, 3.63) is 41.0 Å². The van der Waals surface area contributed by atoms with E-state index in [1.54, 1.807) is 23.3 Å². The van der Waals surface area contributed by atoms with E-state index in [0.717, 1.165) is 33.8 Å². The fraction of sp³-hybridized carbons (Fsp3) is 0.375. The Morgan fingerprint density at radius 2 is 2.09 bits per heavy atom. The van der Waals surface area contributed by atoms with Gasteiger partial charge in [0.15, 0.2) is 5.82 Å². The standard InChI is InChI=1S/C24H29BN4O3S/c1-24(2,3)28(4)23(31)22-27-20(18-7-6-10-33-18)21-15-12-16(26-19(30)13-25)17(32-5)11-14(15)8-9-29(21)22/h6-7,10-12H,8-9,13,25H2,1-5H3,(H,26,30). The maximum atomic E-state index is 13.5. The Kier molecular flexibility index (Phi) is 6.09. The van der Waals surface area contributed by atoms with Crippen LogP contribution < -0.4 is 10.1 Å². The number of carbonyl (C=O) groups is 2. The van der Waals surface area contributed by atoms with Crippen molar-refractivity contribution in [1.29, 1.82) is 0 Å². The van der Waals surface area contributed by atoms with Crippen LogP contribution in [0.4, 0.5) is 5.69 Å². The lowest BCUT2D eigenvalue weighted by molar-refractivity contribution is -0.114. The molecule has 172 valence electrons. The molecule has 0 saturated carbocycles. The highest BCUT2D eigenvalue weighted by atomic mass is 32.1. The Morgan fingerprint density at radius 3 is 2.70 bits per heavy atom. The average Bonchev–Trinajstić information content (AvgIpc) is 3.44. The van der Waals surface area contributed by atoms with Gasteiger partial charge in [0.25, 0.3) is 5.91 Å². The number of aryl methyl sites for hydroxylation is 1. The Labute approximate surface area is 199 Å². The predicted molar refractivity (Wildman–Crippen MR) is 135 cm³/mol. The number of imidazole rings is 1. The van der Waals surface area contributed by atoms with E-state index >= 15 is 0 Å². The number of nitrogens with one attached hydrogen (secondary N) is 1. The topological polar surface area (TPSA) is 76.5 Å². The highest BCUT2D eigenvalue weighted by molar-refractivity contribution is 7.13. The van der Waals surface area contributed by atoms with E-state index < -0.39 is 0 Å². The van der Waals surface area contributed by atoms with E-state index in [-0.39, 0.29) is 17.4 Å². The van der Waals surface area contributed by atoms with Gasteiger partial charge in [-0.3, -0.25) is 9.59 Å². The molecule has 1 aliphatic rings. The second-order valence-corrected chi connectivity index (χ2v) is 10.1. The van der Waals surface area contributed by atoms with Crippen molar-refractivity contribution in [2.75, 3.05) is 19.5 Å². The molecule has 0 radical (unpaired) electrons. The molecule has 7 nitrogen and oxygen atoms in total. The Bertz CT molecular complexity index is 1210. The molecule has 1 aliphatic heterocycles. The van der Waals surface area contributed by atoms with Gasteiger partial charge in [-0.2, -0.15) is 0 Å². The first-order valence-corrected chi connectivity index (χ1v) is 12.0. The zero-order chi connectivity index (χ0) is 23.9. The zero-order valence-corrected chi connectivity index (χ0v) is 20.8. The minimum Gasteiger partial charge on any atom is -0.495 e. The van der Waals surface area contributed by atoms with Crippen molar-refractivity contribution in [3.63, 3.8) is 0 Å². The number of thiophene rings is 1. The maximum absolute atomic E-state index is 13.5. The molecule has 1 N–H and O–H groups in total. The number of ether oxygens (including phenoxy) is 1. The number of amides is 2. The molecule has 9 heteroatoms. The molecule has 1 aromatic carbocycles. The molecular weight excluding hydrogens is 435 g/mol. The third-order valence-electron chi connectivity index (χ3n) is 6.10. The van der Waals surface area contributed by atoms with Crippen LogP contribution in [0.3, 0.4) is 0 Å². The first-order valence-electron chi connectivity index (χ1n) is 11.1. The molecular formula is C24H29BN4O3S. The third kappa shape index (κ3) is 4.17. The third-order valence-corrected chi connectivity index (χ3v) is 6.98. The quantitative estimate of drug-likeness (QED) is 0.585. The van der Waals surface area contributed by atoms with Crippen LogP contribution in [-0.4, -0.2) is 53.8 Å². The number of nitrogens with zero attached hydrogens (tertiary/aromatic N) is 3. The normalized spacial score (nSPS) is 12.6. The summed E-state index contributed by atoms with van der Waals surface area (Å²) >= 11 is 1.59. The summed E-state index contributed by atoms with van der Waals surface area (Å²) in [7, 11) is 5.23. The van der Waals surface area contributed by atoms with Gasteiger partial charge in [-0.1, -0.05) is 6.07 Å². The van der Waals surface area contributed by atoms with E-state index in [4.69, 9.17) is 9.72 Å². The number of rotatable bonds is 5. The summed E-state index contributed by atoms with van der Waals surface area (Å²) in [6.07, 6.45) is 1.11. The minimum atomic E-state index is -0.329. The molecule has 3 aromatic rings. The summed E-state index contributed by atoms with van der Waals surface area (Å²) in [6.45, 7) is 6.67. The molecule has 0 spiro atoms. The van der Waals surface area contributed by atoms with Gasteiger partial charge in [0.1, 0.15) is 19.3 Å². The number of fused-ring (bicyclic) bond motifs is 3. The largest absolute Gasteiger partial charge is 0.495 e. The summed E-state index contributed by atoms with van der Waals surface area (Å²) in [4.78, 5) is 33.2.